The molecular weight excluding hydrogens is 464 g/mol. The van der Waals surface area contributed by atoms with Crippen molar-refractivity contribution >= 4 is 17.6 Å². The Morgan fingerprint density at radius 2 is 1.80 bits per heavy atom. The predicted molar refractivity (Wildman–Crippen MR) is 133 cm³/mol. The number of rotatable bonds is 8. The number of hydrogen-bond acceptors (Lipinski definition) is 6. The molecule has 6 nitrogen and oxygen atoms in total. The molecule has 0 saturated heterocycles. The van der Waals surface area contributed by atoms with E-state index in [2.05, 4.69) is 13.0 Å². The minimum atomic E-state index is -0.417. The quantitative estimate of drug-likeness (QED) is 0.241. The summed E-state index contributed by atoms with van der Waals surface area (Å²) in [6.07, 6.45) is 2.15. The van der Waals surface area contributed by atoms with E-state index in [4.69, 9.17) is 31.5 Å². The second-order valence-corrected chi connectivity index (χ2v) is 8.61. The molecule has 178 valence electrons. The van der Waals surface area contributed by atoms with Crippen LogP contribution >= 0.6 is 11.6 Å². The second kappa shape index (κ2) is 11.0. The van der Waals surface area contributed by atoms with Gasteiger partial charge in [0.15, 0.2) is 0 Å². The van der Waals surface area contributed by atoms with Crippen LogP contribution in [0.2, 0.25) is 5.02 Å². The average molecular weight is 489 g/mol. The van der Waals surface area contributed by atoms with Crippen LogP contribution in [0, 0.1) is 11.3 Å². The van der Waals surface area contributed by atoms with Crippen LogP contribution in [0.4, 0.5) is 0 Å². The molecule has 0 spiro atoms. The highest BCUT2D eigenvalue weighted by molar-refractivity contribution is 6.30. The van der Waals surface area contributed by atoms with Gasteiger partial charge in [0.1, 0.15) is 28.9 Å². The summed E-state index contributed by atoms with van der Waals surface area (Å²) >= 11 is 5.90. The zero-order chi connectivity index (χ0) is 24.8. The van der Waals surface area contributed by atoms with Gasteiger partial charge in [-0.25, -0.2) is 0 Å². The molecule has 0 amide bonds. The molecule has 35 heavy (non-hydrogen) atoms. The van der Waals surface area contributed by atoms with Gasteiger partial charge in [0.05, 0.1) is 18.9 Å². The molecule has 1 aliphatic heterocycles. The first-order valence-corrected chi connectivity index (χ1v) is 11.8. The molecule has 7 heteroatoms. The molecular formula is C28H25ClN2O4. The first kappa shape index (κ1) is 24.2. The van der Waals surface area contributed by atoms with E-state index in [-0.39, 0.29) is 12.3 Å². The van der Waals surface area contributed by atoms with Gasteiger partial charge in [-0.2, -0.15) is 5.26 Å². The number of nitrogens with two attached hydrogens (primary N) is 1. The van der Waals surface area contributed by atoms with Crippen molar-refractivity contribution in [2.75, 3.05) is 6.61 Å². The summed E-state index contributed by atoms with van der Waals surface area (Å²) in [7, 11) is 0. The van der Waals surface area contributed by atoms with Gasteiger partial charge in [-0.15, -0.1) is 0 Å². The number of nitrogens with zero attached hydrogens (tertiary/aromatic N) is 1. The van der Waals surface area contributed by atoms with Gasteiger partial charge in [-0.1, -0.05) is 55.3 Å². The maximum atomic E-state index is 12.4. The number of fused-ring (bicyclic) bond motifs is 1. The topological polar surface area (TPSA) is 94.6 Å². The van der Waals surface area contributed by atoms with Crippen LogP contribution in [0.15, 0.2) is 78.2 Å². The molecule has 0 aromatic heterocycles. The number of nitriles is 1. The number of benzene rings is 3. The Bertz CT molecular complexity index is 1280. The van der Waals surface area contributed by atoms with Crippen LogP contribution < -0.4 is 19.9 Å². The van der Waals surface area contributed by atoms with Gasteiger partial charge in [0.25, 0.3) is 0 Å². The fourth-order valence-electron chi connectivity index (χ4n) is 3.87. The Morgan fingerprint density at radius 1 is 1.09 bits per heavy atom. The van der Waals surface area contributed by atoms with Crippen molar-refractivity contribution in [3.05, 3.63) is 99.9 Å². The average Bonchev–Trinajstić information content (AvgIpc) is 2.85. The SMILES string of the molecule is CCCCOc1ccc(C2C(C#N)=C(N)Oc3cc(OC(=O)Cc4ccc(Cl)cc4)ccc32)cc1. The highest BCUT2D eigenvalue weighted by atomic mass is 35.5. The number of carbonyl (C=O) groups is 1. The fourth-order valence-corrected chi connectivity index (χ4v) is 4.00. The third-order valence-corrected chi connectivity index (χ3v) is 5.92. The monoisotopic (exact) mass is 488 g/mol. The van der Waals surface area contributed by atoms with Crippen molar-refractivity contribution in [2.24, 2.45) is 5.73 Å². The first-order valence-electron chi connectivity index (χ1n) is 11.4. The number of ether oxygens (including phenoxy) is 3. The van der Waals surface area contributed by atoms with Crippen LogP contribution in [-0.2, 0) is 11.2 Å². The molecule has 1 heterocycles. The molecule has 1 unspecified atom stereocenters. The van der Waals surface area contributed by atoms with Crippen molar-refractivity contribution < 1.29 is 19.0 Å². The lowest BCUT2D eigenvalue weighted by Gasteiger charge is -2.26. The normalized spacial score (nSPS) is 14.5. The van der Waals surface area contributed by atoms with Gasteiger partial charge in [-0.3, -0.25) is 4.79 Å². The van der Waals surface area contributed by atoms with E-state index in [1.54, 1.807) is 42.5 Å². The van der Waals surface area contributed by atoms with E-state index in [9.17, 15) is 10.1 Å². The highest BCUT2D eigenvalue weighted by Gasteiger charge is 2.31. The van der Waals surface area contributed by atoms with Gasteiger partial charge >= 0.3 is 5.97 Å². The van der Waals surface area contributed by atoms with Crippen molar-refractivity contribution in [3.8, 4) is 23.3 Å². The summed E-state index contributed by atoms with van der Waals surface area (Å²) in [6, 6.07) is 21.9. The van der Waals surface area contributed by atoms with Crippen LogP contribution in [0.25, 0.3) is 0 Å². The zero-order valence-electron chi connectivity index (χ0n) is 19.3. The number of esters is 1. The predicted octanol–water partition coefficient (Wildman–Crippen LogP) is 5.89. The van der Waals surface area contributed by atoms with Crippen LogP contribution in [-0.4, -0.2) is 12.6 Å². The number of hydrogen-bond donors (Lipinski definition) is 1. The number of carbonyl (C=O) groups excluding carboxylic acids is 1. The van der Waals surface area contributed by atoms with Crippen molar-refractivity contribution in [1.29, 1.82) is 5.26 Å². The Labute approximate surface area is 209 Å². The molecule has 1 aliphatic rings. The largest absolute Gasteiger partial charge is 0.494 e. The summed E-state index contributed by atoms with van der Waals surface area (Å²) < 4.78 is 17.0. The molecule has 4 rings (SSSR count). The molecule has 3 aromatic carbocycles. The lowest BCUT2D eigenvalue weighted by Crippen LogP contribution is -2.21. The second-order valence-electron chi connectivity index (χ2n) is 8.17. The first-order chi connectivity index (χ1) is 17.0. The summed E-state index contributed by atoms with van der Waals surface area (Å²) in [5, 5.41) is 10.4. The van der Waals surface area contributed by atoms with E-state index in [1.807, 2.05) is 24.3 Å². The van der Waals surface area contributed by atoms with Gasteiger partial charge in [0.2, 0.25) is 5.88 Å². The molecule has 0 aliphatic carbocycles. The molecule has 0 fully saturated rings. The smallest absolute Gasteiger partial charge is 0.315 e. The zero-order valence-corrected chi connectivity index (χ0v) is 20.0. The molecule has 0 bridgehead atoms. The minimum Gasteiger partial charge on any atom is -0.494 e. The Kier molecular flexibility index (Phi) is 7.59. The van der Waals surface area contributed by atoms with E-state index in [1.165, 1.54) is 0 Å². The molecule has 0 saturated carbocycles. The number of allylic oxidation sites excluding steroid dienone is 1. The molecule has 2 N–H and O–H groups in total. The molecule has 3 aromatic rings. The molecule has 1 atom stereocenters. The van der Waals surface area contributed by atoms with E-state index in [0.29, 0.717) is 28.7 Å². The Balaban J connectivity index is 1.55. The molecule has 0 radical (unpaired) electrons. The van der Waals surface area contributed by atoms with Crippen molar-refractivity contribution in [1.82, 2.24) is 0 Å². The van der Waals surface area contributed by atoms with Gasteiger partial charge in [-0.05, 0) is 47.9 Å². The van der Waals surface area contributed by atoms with E-state index >= 15 is 0 Å². The van der Waals surface area contributed by atoms with Crippen molar-refractivity contribution in [3.63, 3.8) is 0 Å². The fraction of sp³-hybridized carbons (Fsp3) is 0.214. The standard InChI is InChI=1S/C28H25ClN2O4/c1-2-3-14-33-21-10-6-19(7-11-21)27-23-13-12-22(16-25(23)35-28(31)24(27)17-30)34-26(32)15-18-4-8-20(29)9-5-18/h4-13,16,27H,2-3,14-15,31H2,1H3. The van der Waals surface area contributed by atoms with Crippen LogP contribution in [0.3, 0.4) is 0 Å². The van der Waals surface area contributed by atoms with Crippen LogP contribution in [0.5, 0.6) is 17.2 Å². The lowest BCUT2D eigenvalue weighted by molar-refractivity contribution is -0.133. The Hall–Kier alpha value is -3.95. The minimum absolute atomic E-state index is 0.0258. The van der Waals surface area contributed by atoms with E-state index < -0.39 is 11.9 Å². The van der Waals surface area contributed by atoms with Crippen LogP contribution in [0.1, 0.15) is 42.4 Å². The lowest BCUT2D eigenvalue weighted by atomic mass is 9.83. The van der Waals surface area contributed by atoms with E-state index in [0.717, 1.165) is 35.3 Å². The third-order valence-electron chi connectivity index (χ3n) is 5.66. The van der Waals surface area contributed by atoms with Crippen molar-refractivity contribution in [2.45, 2.75) is 32.1 Å². The van der Waals surface area contributed by atoms with Gasteiger partial charge in [0, 0.05) is 16.7 Å². The van der Waals surface area contributed by atoms with Gasteiger partial charge < -0.3 is 19.9 Å². The number of unbranched alkanes of at least 4 members (excludes halogenated alkanes) is 1. The summed E-state index contributed by atoms with van der Waals surface area (Å²) in [5.74, 6) is 0.735. The highest BCUT2D eigenvalue weighted by Crippen LogP contribution is 2.43. The third kappa shape index (κ3) is 5.76. The maximum absolute atomic E-state index is 12.4. The summed E-state index contributed by atoms with van der Waals surface area (Å²) in [4.78, 5) is 12.4. The summed E-state index contributed by atoms with van der Waals surface area (Å²) in [5.41, 5.74) is 8.85. The summed E-state index contributed by atoms with van der Waals surface area (Å²) in [6.45, 7) is 2.77. The number of halogens is 1. The maximum Gasteiger partial charge on any atom is 0.315 e. The Morgan fingerprint density at radius 3 is 2.49 bits per heavy atom.